The smallest absolute Gasteiger partial charge is 0.328 e. The molecule has 4 rings (SSSR count). The lowest BCUT2D eigenvalue weighted by molar-refractivity contribution is -0.0635. The molecule has 148 valence electrons. The van der Waals surface area contributed by atoms with E-state index < -0.39 is 30.3 Å². The number of nitrogen functional groups attached to an aromatic ring is 2. The van der Waals surface area contributed by atoms with Gasteiger partial charge in [-0.15, -0.1) is 0 Å². The van der Waals surface area contributed by atoms with Crippen molar-refractivity contribution in [1.29, 1.82) is 0 Å². The summed E-state index contributed by atoms with van der Waals surface area (Å²) in [6.45, 7) is 0.382. The van der Waals surface area contributed by atoms with Crippen LogP contribution in [0.5, 0.6) is 0 Å². The second-order valence-electron chi connectivity index (χ2n) is 6.42. The number of rotatable bonds is 3. The minimum absolute atomic E-state index is 0.0184. The number of ether oxygens (including phenoxy) is 1. The van der Waals surface area contributed by atoms with Gasteiger partial charge in [-0.25, -0.2) is 9.37 Å². The highest BCUT2D eigenvalue weighted by Crippen LogP contribution is 2.61. The molecule has 0 amide bonds. The average Bonchev–Trinajstić information content (AvgIpc) is 3.05. The van der Waals surface area contributed by atoms with E-state index in [0.29, 0.717) is 0 Å². The highest BCUT2D eigenvalue weighted by molar-refractivity contribution is 8.07. The van der Waals surface area contributed by atoms with Gasteiger partial charge in [0.1, 0.15) is 17.7 Å². The van der Waals surface area contributed by atoms with E-state index in [9.17, 15) is 0 Å². The van der Waals surface area contributed by atoms with Gasteiger partial charge in [-0.2, -0.15) is 9.97 Å². The van der Waals surface area contributed by atoms with Gasteiger partial charge in [-0.05, 0) is 25.7 Å². The number of anilines is 2. The molecule has 14 heteroatoms. The standard InChI is InChI=1S/C13H17ClFN6O4PS/c1-5(2)24-26(27)22-3-6-8(25-26)13(14,15)11(23-6)21-4-18-7-9(16)19-12(17)20-10(7)21/h4-6,8,11H,3H2,1-2H3,(H4,16,17,19,20). The van der Waals surface area contributed by atoms with E-state index in [0.717, 1.165) is 0 Å². The van der Waals surface area contributed by atoms with Crippen LogP contribution in [0.2, 0.25) is 0 Å². The number of nitrogens with zero attached hydrogens (tertiary/aromatic N) is 4. The highest BCUT2D eigenvalue weighted by Gasteiger charge is 2.62. The molecule has 2 aromatic rings. The van der Waals surface area contributed by atoms with Crippen molar-refractivity contribution in [2.45, 2.75) is 43.5 Å². The lowest BCUT2D eigenvalue weighted by Crippen LogP contribution is -2.43. The Morgan fingerprint density at radius 2 is 2.22 bits per heavy atom. The van der Waals surface area contributed by atoms with Crippen LogP contribution in [-0.2, 0) is 30.1 Å². The Hall–Kier alpha value is -1.14. The van der Waals surface area contributed by atoms with Crippen molar-refractivity contribution in [2.24, 2.45) is 0 Å². The molecule has 2 fully saturated rings. The van der Waals surface area contributed by atoms with Crippen molar-refractivity contribution >= 4 is 53.1 Å². The van der Waals surface area contributed by atoms with E-state index in [1.54, 1.807) is 13.8 Å². The first-order valence-corrected chi connectivity index (χ1v) is 10.9. The molecule has 2 aliphatic heterocycles. The Kier molecular flexibility index (Phi) is 4.58. The van der Waals surface area contributed by atoms with Gasteiger partial charge in [0.15, 0.2) is 17.7 Å². The van der Waals surface area contributed by atoms with Gasteiger partial charge in [-0.1, -0.05) is 11.6 Å². The number of nitrogens with two attached hydrogens (primary N) is 2. The minimum atomic E-state index is -3.15. The van der Waals surface area contributed by atoms with Crippen LogP contribution in [0.25, 0.3) is 11.2 Å². The quantitative estimate of drug-likeness (QED) is 0.540. The molecule has 4 N–H and O–H groups in total. The zero-order chi connectivity index (χ0) is 19.6. The Labute approximate surface area is 163 Å². The summed E-state index contributed by atoms with van der Waals surface area (Å²) in [5.74, 6) is -0.0253. The van der Waals surface area contributed by atoms with E-state index in [-0.39, 0.29) is 35.6 Å². The summed E-state index contributed by atoms with van der Waals surface area (Å²) < 4.78 is 39.4. The van der Waals surface area contributed by atoms with Crippen LogP contribution in [0.15, 0.2) is 6.33 Å². The Bertz CT molecular complexity index is 945. The molecule has 0 bridgehead atoms. The largest absolute Gasteiger partial charge is 0.382 e. The molecule has 0 saturated carbocycles. The monoisotopic (exact) mass is 438 g/mol. The number of fused-ring (bicyclic) bond motifs is 2. The van der Waals surface area contributed by atoms with E-state index in [2.05, 4.69) is 15.0 Å². The number of imidazole rings is 1. The van der Waals surface area contributed by atoms with E-state index >= 15 is 4.39 Å². The van der Waals surface area contributed by atoms with Crippen LogP contribution in [0.3, 0.4) is 0 Å². The molecule has 5 atom stereocenters. The average molecular weight is 439 g/mol. The minimum Gasteiger partial charge on any atom is -0.382 e. The first kappa shape index (κ1) is 19.2. The summed E-state index contributed by atoms with van der Waals surface area (Å²) in [6, 6.07) is 0. The van der Waals surface area contributed by atoms with Crippen molar-refractivity contribution in [3.63, 3.8) is 0 Å². The molecule has 0 aliphatic carbocycles. The third-order valence-corrected chi connectivity index (χ3v) is 6.91. The highest BCUT2D eigenvalue weighted by atomic mass is 35.5. The van der Waals surface area contributed by atoms with Crippen LogP contribution in [-0.4, -0.2) is 49.6 Å². The summed E-state index contributed by atoms with van der Waals surface area (Å²) in [4.78, 5) is 12.0. The maximum Gasteiger partial charge on any atom is 0.328 e. The maximum atomic E-state index is 15.6. The first-order chi connectivity index (χ1) is 12.6. The summed E-state index contributed by atoms with van der Waals surface area (Å²) in [6.07, 6.45) is -2.27. The molecule has 27 heavy (non-hydrogen) atoms. The number of halogens is 2. The summed E-state index contributed by atoms with van der Waals surface area (Å²) >= 11 is 11.5. The van der Waals surface area contributed by atoms with Crippen molar-refractivity contribution in [3.05, 3.63) is 6.33 Å². The molecule has 0 aromatic carbocycles. The van der Waals surface area contributed by atoms with E-state index in [1.165, 1.54) is 10.9 Å². The molecule has 0 spiro atoms. The Morgan fingerprint density at radius 3 is 2.93 bits per heavy atom. The van der Waals surface area contributed by atoms with Crippen molar-refractivity contribution in [1.82, 2.24) is 19.5 Å². The molecule has 2 saturated heterocycles. The normalized spacial score (nSPS) is 36.4. The molecule has 5 unspecified atom stereocenters. The predicted octanol–water partition coefficient (Wildman–Crippen LogP) is 1.86. The number of hydrogen-bond acceptors (Lipinski definition) is 10. The van der Waals surface area contributed by atoms with Gasteiger partial charge in [0.25, 0.3) is 5.13 Å². The molecular weight excluding hydrogens is 422 g/mol. The fourth-order valence-electron chi connectivity index (χ4n) is 3.01. The molecular formula is C13H17ClFN6O4PS. The van der Waals surface area contributed by atoms with Gasteiger partial charge in [0.05, 0.1) is 19.0 Å². The van der Waals surface area contributed by atoms with Gasteiger partial charge >= 0.3 is 6.72 Å². The Balaban J connectivity index is 1.70. The lowest BCUT2D eigenvalue weighted by atomic mass is 10.1. The third-order valence-electron chi connectivity index (χ3n) is 4.05. The first-order valence-electron chi connectivity index (χ1n) is 8.01. The van der Waals surface area contributed by atoms with Gasteiger partial charge in [0.2, 0.25) is 5.95 Å². The second kappa shape index (κ2) is 6.45. The summed E-state index contributed by atoms with van der Waals surface area (Å²) in [5, 5.41) is -2.49. The van der Waals surface area contributed by atoms with Crippen molar-refractivity contribution < 1.29 is 22.7 Å². The van der Waals surface area contributed by atoms with Gasteiger partial charge in [-0.3, -0.25) is 9.09 Å². The SMILES string of the molecule is CC(C)OP1(=S)OCC2OC(n3cnc4c(N)nc(N)nc43)C(F)(Cl)C2O1. The van der Waals surface area contributed by atoms with Crippen LogP contribution in [0.4, 0.5) is 16.2 Å². The van der Waals surface area contributed by atoms with Crippen molar-refractivity contribution in [3.8, 4) is 0 Å². The molecule has 4 heterocycles. The fourth-order valence-corrected chi connectivity index (χ4v) is 5.97. The Morgan fingerprint density at radius 1 is 1.48 bits per heavy atom. The third kappa shape index (κ3) is 3.19. The summed E-state index contributed by atoms with van der Waals surface area (Å²) in [7, 11) is 0. The molecule has 0 radical (unpaired) electrons. The van der Waals surface area contributed by atoms with Gasteiger partial charge < -0.3 is 25.3 Å². The number of hydrogen-bond donors (Lipinski definition) is 2. The summed E-state index contributed by atoms with van der Waals surface area (Å²) in [5.41, 5.74) is 11.9. The van der Waals surface area contributed by atoms with Crippen molar-refractivity contribution in [2.75, 3.05) is 18.1 Å². The number of alkyl halides is 2. The zero-order valence-electron chi connectivity index (χ0n) is 14.3. The lowest BCUT2D eigenvalue weighted by Gasteiger charge is -2.35. The van der Waals surface area contributed by atoms with Gasteiger partial charge in [0, 0.05) is 0 Å². The maximum absolute atomic E-state index is 15.6. The van der Waals surface area contributed by atoms with Crippen LogP contribution in [0, 0.1) is 0 Å². The predicted molar refractivity (Wildman–Crippen MR) is 99.1 cm³/mol. The zero-order valence-corrected chi connectivity index (χ0v) is 16.7. The fraction of sp³-hybridized carbons (Fsp3) is 0.615. The van der Waals surface area contributed by atoms with Crippen LogP contribution >= 0.6 is 18.3 Å². The van der Waals surface area contributed by atoms with E-state index in [4.69, 9.17) is 53.2 Å². The second-order valence-corrected chi connectivity index (χ2v) is 9.91. The molecule has 2 aromatic heterocycles. The molecule has 10 nitrogen and oxygen atoms in total. The van der Waals surface area contributed by atoms with E-state index in [1.807, 2.05) is 0 Å². The molecule has 2 aliphatic rings. The van der Waals surface area contributed by atoms with Crippen LogP contribution in [0.1, 0.15) is 20.1 Å². The number of aromatic nitrogens is 4. The van der Waals surface area contributed by atoms with Crippen LogP contribution < -0.4 is 11.5 Å². The topological polar surface area (TPSA) is 133 Å².